The van der Waals surface area contributed by atoms with Crippen LogP contribution in [0, 0.1) is 5.92 Å². The molecule has 1 aliphatic carbocycles. The number of esters is 2. The van der Waals surface area contributed by atoms with Crippen LogP contribution in [0.2, 0.25) is 0 Å². The molecule has 0 spiro atoms. The lowest BCUT2D eigenvalue weighted by atomic mass is 9.84. The number of ether oxygens (including phenoxy) is 2. The van der Waals surface area contributed by atoms with Gasteiger partial charge in [0, 0.05) is 11.3 Å². The van der Waals surface area contributed by atoms with Gasteiger partial charge in [-0.15, -0.1) is 0 Å². The fourth-order valence-electron chi connectivity index (χ4n) is 6.03. The van der Waals surface area contributed by atoms with Crippen molar-refractivity contribution in [2.24, 2.45) is 11.7 Å². The van der Waals surface area contributed by atoms with Crippen LogP contribution in [-0.4, -0.2) is 27.7 Å². The Morgan fingerprint density at radius 2 is 1.97 bits per heavy atom. The molecule has 0 bridgehead atoms. The Morgan fingerprint density at radius 3 is 2.67 bits per heavy atom. The van der Waals surface area contributed by atoms with Gasteiger partial charge in [0.25, 0.3) is 5.56 Å². The molecule has 8 nitrogen and oxygen atoms in total. The lowest BCUT2D eigenvalue weighted by Crippen LogP contribution is -2.50. The van der Waals surface area contributed by atoms with E-state index in [1.807, 2.05) is 12.1 Å². The highest BCUT2D eigenvalue weighted by molar-refractivity contribution is 5.89. The second-order valence-corrected chi connectivity index (χ2v) is 10.9. The second kappa shape index (κ2) is 10.2. The number of aromatic nitrogens is 1. The molecule has 8 heteroatoms. The van der Waals surface area contributed by atoms with Gasteiger partial charge >= 0.3 is 11.9 Å². The molecule has 1 aromatic carbocycles. The molecule has 39 heavy (non-hydrogen) atoms. The number of hydrogen-bond donors (Lipinski definition) is 2. The number of carbonyl (C=O) groups excluding carboxylic acids is 2. The van der Waals surface area contributed by atoms with Crippen molar-refractivity contribution in [3.05, 3.63) is 67.5 Å². The minimum absolute atomic E-state index is 0.109. The number of pyridine rings is 1. The first kappa shape index (κ1) is 26.9. The summed E-state index contributed by atoms with van der Waals surface area (Å²) in [7, 11) is 0. The van der Waals surface area contributed by atoms with Gasteiger partial charge in [0.2, 0.25) is 5.60 Å². The second-order valence-electron chi connectivity index (χ2n) is 10.9. The zero-order chi connectivity index (χ0) is 28.1. The summed E-state index contributed by atoms with van der Waals surface area (Å²) in [6.45, 7) is 7.64. The third-order valence-corrected chi connectivity index (χ3v) is 8.34. The number of carbonyl (C=O) groups is 2. The minimum atomic E-state index is -1.74. The van der Waals surface area contributed by atoms with E-state index in [0.717, 1.165) is 58.5 Å². The Bertz CT molecular complexity index is 1580. The van der Waals surface area contributed by atoms with Crippen LogP contribution in [0.3, 0.4) is 0 Å². The highest BCUT2D eigenvalue weighted by atomic mass is 16.6. The Morgan fingerprint density at radius 1 is 1.21 bits per heavy atom. The SMILES string of the molecule is CC/C1=c2\cc(O)cc\c2=C\CCCC2=C1Cn1c2cc2c(c1=O)COC(=O)[C@@]2(CC)OC(=O)C(N)C(C)C. The molecule has 3 aliphatic rings. The van der Waals surface area contributed by atoms with Crippen LogP contribution in [0.5, 0.6) is 5.75 Å². The van der Waals surface area contributed by atoms with E-state index in [0.29, 0.717) is 17.7 Å². The van der Waals surface area contributed by atoms with E-state index >= 15 is 0 Å². The topological polar surface area (TPSA) is 121 Å². The van der Waals surface area contributed by atoms with Crippen LogP contribution in [0.1, 0.15) is 76.6 Å². The quantitative estimate of drug-likeness (QED) is 0.568. The summed E-state index contributed by atoms with van der Waals surface area (Å²) in [6, 6.07) is 6.37. The van der Waals surface area contributed by atoms with E-state index < -0.39 is 23.6 Å². The molecule has 0 amide bonds. The third kappa shape index (κ3) is 4.31. The average molecular weight is 533 g/mol. The van der Waals surface area contributed by atoms with Gasteiger partial charge in [-0.3, -0.25) is 9.59 Å². The molecular weight excluding hydrogens is 496 g/mol. The molecule has 0 saturated carbocycles. The zero-order valence-electron chi connectivity index (χ0n) is 23.0. The van der Waals surface area contributed by atoms with Crippen molar-refractivity contribution in [1.82, 2.24) is 4.57 Å². The van der Waals surface area contributed by atoms with E-state index in [-0.39, 0.29) is 30.3 Å². The number of phenolic OH excluding ortho intramolecular Hbond substituents is 1. The molecule has 3 heterocycles. The van der Waals surface area contributed by atoms with E-state index in [1.54, 1.807) is 37.5 Å². The van der Waals surface area contributed by atoms with Gasteiger partial charge in [0.15, 0.2) is 0 Å². The molecule has 1 unspecified atom stereocenters. The molecule has 2 aromatic rings. The number of phenols is 1. The van der Waals surface area contributed by atoms with Crippen molar-refractivity contribution < 1.29 is 24.2 Å². The zero-order valence-corrected chi connectivity index (χ0v) is 23.0. The number of allylic oxidation sites excluding steroid dienone is 2. The van der Waals surface area contributed by atoms with E-state index in [9.17, 15) is 19.5 Å². The number of benzene rings is 1. The molecule has 206 valence electrons. The Labute approximate surface area is 227 Å². The van der Waals surface area contributed by atoms with Gasteiger partial charge in [-0.1, -0.05) is 39.8 Å². The van der Waals surface area contributed by atoms with Gasteiger partial charge in [0.1, 0.15) is 18.4 Å². The number of hydrogen-bond acceptors (Lipinski definition) is 7. The molecule has 1 aromatic heterocycles. The Kier molecular flexibility index (Phi) is 7.01. The highest BCUT2D eigenvalue weighted by Gasteiger charge is 2.51. The molecule has 2 atom stereocenters. The number of nitrogens with two attached hydrogens (primary N) is 1. The van der Waals surface area contributed by atoms with Crippen molar-refractivity contribution in [2.45, 2.75) is 84.6 Å². The Balaban J connectivity index is 1.74. The number of nitrogens with zero attached hydrogens (tertiary/aromatic N) is 1. The normalized spacial score (nSPS) is 23.2. The summed E-state index contributed by atoms with van der Waals surface area (Å²) in [4.78, 5) is 40.2. The van der Waals surface area contributed by atoms with Crippen LogP contribution in [0.4, 0.5) is 0 Å². The molecule has 3 N–H and O–H groups in total. The predicted octanol–water partition coefficient (Wildman–Crippen LogP) is 2.74. The van der Waals surface area contributed by atoms with Gasteiger partial charge < -0.3 is 24.9 Å². The summed E-state index contributed by atoms with van der Waals surface area (Å²) < 4.78 is 13.1. The summed E-state index contributed by atoms with van der Waals surface area (Å²) in [5.74, 6) is -1.38. The van der Waals surface area contributed by atoms with Crippen LogP contribution in [0.25, 0.3) is 17.2 Å². The minimum Gasteiger partial charge on any atom is -0.508 e. The van der Waals surface area contributed by atoms with Crippen LogP contribution >= 0.6 is 0 Å². The van der Waals surface area contributed by atoms with Gasteiger partial charge in [-0.25, -0.2) is 4.79 Å². The molecule has 0 radical (unpaired) electrons. The monoisotopic (exact) mass is 532 g/mol. The van der Waals surface area contributed by atoms with Crippen molar-refractivity contribution in [2.75, 3.05) is 0 Å². The molecule has 5 rings (SSSR count). The fraction of sp³-hybridized carbons (Fsp3) is 0.452. The van der Waals surface area contributed by atoms with Gasteiger partial charge in [0.05, 0.1) is 12.1 Å². The summed E-state index contributed by atoms with van der Waals surface area (Å²) in [5, 5.41) is 12.3. The number of rotatable bonds is 5. The summed E-state index contributed by atoms with van der Waals surface area (Å²) in [6.07, 6.45) is 5.49. The van der Waals surface area contributed by atoms with E-state index in [4.69, 9.17) is 15.2 Å². The number of fused-ring (bicyclic) bond motifs is 4. The summed E-state index contributed by atoms with van der Waals surface area (Å²) >= 11 is 0. The van der Waals surface area contributed by atoms with E-state index in [1.165, 1.54) is 0 Å². The van der Waals surface area contributed by atoms with Crippen molar-refractivity contribution in [3.8, 4) is 5.75 Å². The van der Waals surface area contributed by atoms with Crippen LogP contribution < -0.4 is 21.7 Å². The predicted molar refractivity (Wildman–Crippen MR) is 148 cm³/mol. The van der Waals surface area contributed by atoms with Crippen molar-refractivity contribution in [3.63, 3.8) is 0 Å². The fourth-order valence-corrected chi connectivity index (χ4v) is 6.03. The molecular formula is C31H36N2O6. The first-order chi connectivity index (χ1) is 18.6. The standard InChI is InChI=1S/C31H36N2O6/c1-5-20-22-13-19(34)12-11-18(22)9-7-8-10-21-23(20)15-33-26(21)14-25-24(28(33)35)16-38-30(37)31(25,6-2)39-29(36)27(32)17(3)4/h9,11-14,17,27,34H,5-8,10,15-16,32H2,1-4H3/b18-9-,22-20-/t27?,31-/m0/s1. The van der Waals surface area contributed by atoms with E-state index in [2.05, 4.69) is 13.0 Å². The first-order valence-electron chi connectivity index (χ1n) is 13.8. The largest absolute Gasteiger partial charge is 0.508 e. The van der Waals surface area contributed by atoms with Gasteiger partial charge in [-0.2, -0.15) is 0 Å². The smallest absolute Gasteiger partial charge is 0.355 e. The van der Waals surface area contributed by atoms with Crippen molar-refractivity contribution >= 4 is 29.2 Å². The average Bonchev–Trinajstić information content (AvgIpc) is 3.29. The van der Waals surface area contributed by atoms with Crippen LogP contribution in [0.15, 0.2) is 34.6 Å². The maximum atomic E-state index is 13.9. The molecule has 2 aliphatic heterocycles. The highest BCUT2D eigenvalue weighted by Crippen LogP contribution is 2.42. The maximum absolute atomic E-state index is 13.9. The lowest BCUT2D eigenvalue weighted by molar-refractivity contribution is -0.190. The van der Waals surface area contributed by atoms with Gasteiger partial charge in [-0.05, 0) is 83.4 Å². The van der Waals surface area contributed by atoms with Crippen LogP contribution in [-0.2, 0) is 37.8 Å². The Hall–Kier alpha value is -3.65. The molecule has 0 saturated heterocycles. The maximum Gasteiger partial charge on any atom is 0.355 e. The van der Waals surface area contributed by atoms with Crippen molar-refractivity contribution in [1.29, 1.82) is 0 Å². The number of aromatic hydroxyl groups is 1. The third-order valence-electron chi connectivity index (χ3n) is 8.34. The lowest BCUT2D eigenvalue weighted by Gasteiger charge is -2.36. The molecule has 0 fully saturated rings. The summed E-state index contributed by atoms with van der Waals surface area (Å²) in [5.41, 5.74) is 8.71. The number of cyclic esters (lactones) is 1. The first-order valence-corrected chi connectivity index (χ1v) is 13.8.